The smallest absolute Gasteiger partial charge is 0.358 e. The first-order valence-electron chi connectivity index (χ1n) is 7.55. The Labute approximate surface area is 142 Å². The lowest BCUT2D eigenvalue weighted by atomic mass is 10.00. The number of hydrogen-bond donors (Lipinski definition) is 1. The van der Waals surface area contributed by atoms with Crippen molar-refractivity contribution in [1.29, 1.82) is 0 Å². The Morgan fingerprint density at radius 2 is 1.48 bits per heavy atom. The number of rotatable bonds is 2. The molecule has 1 aliphatic rings. The van der Waals surface area contributed by atoms with Crippen LogP contribution in [0.25, 0.3) is 0 Å². The molecule has 3 rings (SSSR count). The Kier molecular flexibility index (Phi) is 4.30. The quantitative estimate of drug-likeness (QED) is 0.890. The molecule has 0 spiro atoms. The van der Waals surface area contributed by atoms with Crippen molar-refractivity contribution in [2.75, 3.05) is 0 Å². The van der Waals surface area contributed by atoms with Crippen LogP contribution in [0.2, 0.25) is 0 Å². The fourth-order valence-electron chi connectivity index (χ4n) is 2.41. The van der Waals surface area contributed by atoms with Gasteiger partial charge in [0.2, 0.25) is 0 Å². The van der Waals surface area contributed by atoms with Crippen LogP contribution >= 0.6 is 0 Å². The molecule has 25 heavy (non-hydrogen) atoms. The van der Waals surface area contributed by atoms with E-state index in [-0.39, 0.29) is 5.56 Å². The van der Waals surface area contributed by atoms with Crippen LogP contribution in [0.4, 0.5) is 13.2 Å². The van der Waals surface area contributed by atoms with Crippen LogP contribution in [-0.2, 0) is 9.57 Å². The topological polar surface area (TPSA) is 51.0 Å². The average Bonchev–Trinajstić information content (AvgIpc) is 2.55. The SMILES string of the molecule is Cc1ccc(C2=NOC(c3ccc(C)cc3)OC2(O)C(F)(F)F)cc1. The van der Waals surface area contributed by atoms with Gasteiger partial charge in [-0.3, -0.25) is 4.74 Å². The van der Waals surface area contributed by atoms with Gasteiger partial charge < -0.3 is 9.94 Å². The van der Waals surface area contributed by atoms with E-state index in [1.54, 1.807) is 43.3 Å². The van der Waals surface area contributed by atoms with Gasteiger partial charge in [0.25, 0.3) is 6.29 Å². The maximum atomic E-state index is 13.6. The van der Waals surface area contributed by atoms with Crippen molar-refractivity contribution < 1.29 is 27.9 Å². The maximum Gasteiger partial charge on any atom is 0.450 e. The van der Waals surface area contributed by atoms with Gasteiger partial charge in [0, 0.05) is 11.1 Å². The zero-order chi connectivity index (χ0) is 18.2. The molecular formula is C18H16F3NO3. The third-order valence-electron chi connectivity index (χ3n) is 3.90. The molecule has 132 valence electrons. The summed E-state index contributed by atoms with van der Waals surface area (Å²) in [4.78, 5) is 5.10. The number of aliphatic hydroxyl groups is 1. The van der Waals surface area contributed by atoms with Crippen molar-refractivity contribution in [3.05, 3.63) is 70.8 Å². The van der Waals surface area contributed by atoms with E-state index in [0.717, 1.165) is 11.1 Å². The molecule has 0 radical (unpaired) electrons. The van der Waals surface area contributed by atoms with E-state index in [2.05, 4.69) is 5.16 Å². The molecule has 1 N–H and O–H groups in total. The molecule has 2 aromatic carbocycles. The monoisotopic (exact) mass is 351 g/mol. The van der Waals surface area contributed by atoms with Crippen LogP contribution < -0.4 is 0 Å². The van der Waals surface area contributed by atoms with Crippen LogP contribution in [0.1, 0.15) is 28.5 Å². The lowest BCUT2D eigenvalue weighted by Crippen LogP contribution is -2.57. The highest BCUT2D eigenvalue weighted by Crippen LogP contribution is 2.41. The van der Waals surface area contributed by atoms with Crippen LogP contribution in [0.15, 0.2) is 53.7 Å². The second kappa shape index (κ2) is 6.16. The lowest BCUT2D eigenvalue weighted by molar-refractivity contribution is -0.381. The van der Waals surface area contributed by atoms with Gasteiger partial charge in [-0.1, -0.05) is 64.8 Å². The third-order valence-corrected chi connectivity index (χ3v) is 3.90. The number of nitrogens with zero attached hydrogens (tertiary/aromatic N) is 1. The van der Waals surface area contributed by atoms with Crippen molar-refractivity contribution >= 4 is 5.71 Å². The predicted octanol–water partition coefficient (Wildman–Crippen LogP) is 4.00. The summed E-state index contributed by atoms with van der Waals surface area (Å²) in [7, 11) is 0. The molecule has 0 aromatic heterocycles. The first-order chi connectivity index (χ1) is 11.7. The molecule has 0 amide bonds. The number of alkyl halides is 3. The zero-order valence-electron chi connectivity index (χ0n) is 13.5. The summed E-state index contributed by atoms with van der Waals surface area (Å²) >= 11 is 0. The van der Waals surface area contributed by atoms with E-state index in [4.69, 9.17) is 9.57 Å². The molecule has 0 bridgehead atoms. The molecule has 0 aliphatic carbocycles. The summed E-state index contributed by atoms with van der Waals surface area (Å²) in [6.45, 7) is 3.63. The van der Waals surface area contributed by atoms with Crippen molar-refractivity contribution in [3.63, 3.8) is 0 Å². The van der Waals surface area contributed by atoms with Gasteiger partial charge in [0.15, 0.2) is 5.71 Å². The van der Waals surface area contributed by atoms with Gasteiger partial charge >= 0.3 is 12.0 Å². The number of halogens is 3. The Morgan fingerprint density at radius 1 is 0.960 bits per heavy atom. The number of benzene rings is 2. The molecule has 1 aliphatic heterocycles. The average molecular weight is 351 g/mol. The molecule has 7 heteroatoms. The molecule has 2 aromatic rings. The van der Waals surface area contributed by atoms with Gasteiger partial charge in [0.1, 0.15) is 0 Å². The Bertz CT molecular complexity index is 785. The van der Waals surface area contributed by atoms with Gasteiger partial charge in [0.05, 0.1) is 0 Å². The minimum atomic E-state index is -5.09. The second-order valence-corrected chi connectivity index (χ2v) is 5.91. The molecule has 2 atom stereocenters. The molecular weight excluding hydrogens is 335 g/mol. The van der Waals surface area contributed by atoms with E-state index in [9.17, 15) is 18.3 Å². The predicted molar refractivity (Wildman–Crippen MR) is 84.8 cm³/mol. The number of hydrogen-bond acceptors (Lipinski definition) is 4. The molecule has 0 saturated heterocycles. The van der Waals surface area contributed by atoms with E-state index in [1.807, 2.05) is 6.92 Å². The van der Waals surface area contributed by atoms with Crippen molar-refractivity contribution in [3.8, 4) is 0 Å². The first kappa shape index (κ1) is 17.4. The highest BCUT2D eigenvalue weighted by atomic mass is 19.4. The Morgan fingerprint density at radius 3 is 2.00 bits per heavy atom. The van der Waals surface area contributed by atoms with E-state index in [1.165, 1.54) is 12.1 Å². The fraction of sp³-hybridized carbons (Fsp3) is 0.278. The standard InChI is InChI=1S/C18H16F3NO3/c1-11-3-7-13(8-4-11)15-17(23,18(19,20)21)24-16(25-22-15)14-9-5-12(2)6-10-14/h3-10,16,23H,1-2H3. The van der Waals surface area contributed by atoms with E-state index < -0.39 is 24.0 Å². The molecule has 0 saturated carbocycles. The molecule has 1 heterocycles. The molecule has 4 nitrogen and oxygen atoms in total. The van der Waals surface area contributed by atoms with Crippen LogP contribution in [0.3, 0.4) is 0 Å². The van der Waals surface area contributed by atoms with Gasteiger partial charge in [-0.25, -0.2) is 0 Å². The van der Waals surface area contributed by atoms with Crippen LogP contribution in [-0.4, -0.2) is 22.8 Å². The minimum Gasteiger partial charge on any atom is -0.358 e. The highest BCUT2D eigenvalue weighted by Gasteiger charge is 2.63. The number of ether oxygens (including phenoxy) is 1. The zero-order valence-corrected chi connectivity index (χ0v) is 13.5. The Balaban J connectivity index is 2.02. The molecule has 0 fully saturated rings. The molecule has 2 unspecified atom stereocenters. The van der Waals surface area contributed by atoms with Gasteiger partial charge in [-0.15, -0.1) is 0 Å². The number of aryl methyl sites for hydroxylation is 2. The first-order valence-corrected chi connectivity index (χ1v) is 7.55. The van der Waals surface area contributed by atoms with Crippen LogP contribution in [0.5, 0.6) is 0 Å². The fourth-order valence-corrected chi connectivity index (χ4v) is 2.41. The summed E-state index contributed by atoms with van der Waals surface area (Å²) in [5.74, 6) is -3.57. The Hall–Kier alpha value is -2.38. The second-order valence-electron chi connectivity index (χ2n) is 5.91. The maximum absolute atomic E-state index is 13.6. The summed E-state index contributed by atoms with van der Waals surface area (Å²) in [5, 5.41) is 13.9. The van der Waals surface area contributed by atoms with E-state index in [0.29, 0.717) is 5.56 Å². The lowest BCUT2D eigenvalue weighted by Gasteiger charge is -2.37. The highest BCUT2D eigenvalue weighted by molar-refractivity contribution is 6.06. The third kappa shape index (κ3) is 3.25. The van der Waals surface area contributed by atoms with E-state index >= 15 is 0 Å². The summed E-state index contributed by atoms with van der Waals surface area (Å²) < 4.78 is 45.7. The van der Waals surface area contributed by atoms with Gasteiger partial charge in [-0.05, 0) is 13.8 Å². The largest absolute Gasteiger partial charge is 0.450 e. The minimum absolute atomic E-state index is 0.0628. The van der Waals surface area contributed by atoms with Crippen molar-refractivity contribution in [1.82, 2.24) is 0 Å². The van der Waals surface area contributed by atoms with Crippen LogP contribution in [0, 0.1) is 13.8 Å². The summed E-state index contributed by atoms with van der Waals surface area (Å²) in [6.07, 6.45) is -6.56. The van der Waals surface area contributed by atoms with Crippen molar-refractivity contribution in [2.24, 2.45) is 5.16 Å². The van der Waals surface area contributed by atoms with Crippen molar-refractivity contribution in [2.45, 2.75) is 32.1 Å². The summed E-state index contributed by atoms with van der Waals surface area (Å²) in [5.41, 5.74) is 1.43. The summed E-state index contributed by atoms with van der Waals surface area (Å²) in [6, 6.07) is 12.6. The number of oxime groups is 1. The van der Waals surface area contributed by atoms with Gasteiger partial charge in [-0.2, -0.15) is 13.2 Å². The normalized spacial score (nSPS) is 23.8.